The van der Waals surface area contributed by atoms with E-state index in [0.29, 0.717) is 12.5 Å². The Morgan fingerprint density at radius 3 is 2.64 bits per heavy atom. The van der Waals surface area contributed by atoms with E-state index in [1.807, 2.05) is 0 Å². The summed E-state index contributed by atoms with van der Waals surface area (Å²) in [5.74, 6) is 5.97. The van der Waals surface area contributed by atoms with Gasteiger partial charge in [0.2, 0.25) is 0 Å². The summed E-state index contributed by atoms with van der Waals surface area (Å²) >= 11 is 0. The topological polar surface area (TPSA) is 54.0 Å². The lowest BCUT2D eigenvalue weighted by Crippen LogP contribution is -2.39. The summed E-state index contributed by atoms with van der Waals surface area (Å²) in [5, 5.41) is 1.41. The van der Waals surface area contributed by atoms with Crippen molar-refractivity contribution in [3.05, 3.63) is 35.6 Å². The molecule has 14 heavy (non-hydrogen) atoms. The number of halogens is 1. The molecular weight excluding hydrogens is 183 g/mol. The zero-order chi connectivity index (χ0) is 9.97. The van der Waals surface area contributed by atoms with Crippen molar-refractivity contribution in [3.8, 4) is 0 Å². The van der Waals surface area contributed by atoms with E-state index in [9.17, 15) is 4.39 Å². The molecule has 0 atom stereocenters. The Morgan fingerprint density at radius 1 is 1.29 bits per heavy atom. The zero-order valence-corrected chi connectivity index (χ0v) is 7.39. The fourth-order valence-corrected chi connectivity index (χ4v) is 1.20. The Labute approximate surface area is 80.5 Å². The largest absolute Gasteiger partial charge is 0.272 e. The first-order chi connectivity index (χ1) is 6.77. The average Bonchev–Trinajstić information content (AvgIpc) is 2.20. The van der Waals surface area contributed by atoms with Gasteiger partial charge >= 0.3 is 0 Å². The predicted molar refractivity (Wildman–Crippen MR) is 52.3 cm³/mol. The van der Waals surface area contributed by atoms with Crippen LogP contribution in [0.1, 0.15) is 5.56 Å². The highest BCUT2D eigenvalue weighted by Crippen LogP contribution is 2.07. The summed E-state index contributed by atoms with van der Waals surface area (Å²) in [6.07, 6.45) is 1.45. The highest BCUT2D eigenvalue weighted by Gasteiger charge is 2.11. The number of hydrazine groups is 1. The van der Waals surface area contributed by atoms with E-state index in [0.717, 1.165) is 5.56 Å². The molecule has 0 aliphatic carbocycles. The lowest BCUT2D eigenvalue weighted by Gasteiger charge is -2.20. The first-order valence-corrected chi connectivity index (χ1v) is 4.11. The van der Waals surface area contributed by atoms with Crippen LogP contribution in [-0.2, 0) is 0 Å². The summed E-state index contributed by atoms with van der Waals surface area (Å²) in [4.78, 5) is 7.88. The smallest absolute Gasteiger partial charge is 0.153 e. The van der Waals surface area contributed by atoms with E-state index in [1.54, 1.807) is 12.1 Å². The standard InChI is InChI=1S/C9H9FN4/c10-8-3-1-7(2-4-8)9-13-5-12-6-14(9)11/h1-5H,6,11H2. The van der Waals surface area contributed by atoms with Gasteiger partial charge in [-0.2, -0.15) is 0 Å². The van der Waals surface area contributed by atoms with Gasteiger partial charge in [0.25, 0.3) is 0 Å². The van der Waals surface area contributed by atoms with Gasteiger partial charge in [-0.15, -0.1) is 0 Å². The number of amidine groups is 1. The highest BCUT2D eigenvalue weighted by atomic mass is 19.1. The van der Waals surface area contributed by atoms with Gasteiger partial charge in [0.1, 0.15) is 18.8 Å². The van der Waals surface area contributed by atoms with Crippen LogP contribution in [0.25, 0.3) is 0 Å². The van der Waals surface area contributed by atoms with E-state index < -0.39 is 0 Å². The molecule has 0 saturated heterocycles. The number of hydrogen-bond donors (Lipinski definition) is 1. The molecule has 1 aromatic carbocycles. The molecule has 0 amide bonds. The Morgan fingerprint density at radius 2 is 2.00 bits per heavy atom. The predicted octanol–water partition coefficient (Wildman–Crippen LogP) is 0.747. The number of hydrogen-bond acceptors (Lipinski definition) is 4. The maximum absolute atomic E-state index is 12.6. The van der Waals surface area contributed by atoms with Gasteiger partial charge in [-0.3, -0.25) is 10.0 Å². The van der Waals surface area contributed by atoms with Gasteiger partial charge in [0, 0.05) is 5.56 Å². The fourth-order valence-electron chi connectivity index (χ4n) is 1.20. The third kappa shape index (κ3) is 1.62. The van der Waals surface area contributed by atoms with Crippen LogP contribution in [0.15, 0.2) is 34.3 Å². The van der Waals surface area contributed by atoms with E-state index >= 15 is 0 Å². The molecule has 2 rings (SSSR count). The molecule has 72 valence electrons. The molecule has 1 aliphatic rings. The molecule has 1 heterocycles. The second-order valence-electron chi connectivity index (χ2n) is 2.87. The van der Waals surface area contributed by atoms with Crippen LogP contribution in [-0.4, -0.2) is 23.9 Å². The molecule has 2 N–H and O–H groups in total. The first kappa shape index (κ1) is 8.83. The van der Waals surface area contributed by atoms with E-state index in [-0.39, 0.29) is 5.82 Å². The van der Waals surface area contributed by atoms with Crippen LogP contribution in [0.4, 0.5) is 4.39 Å². The number of nitrogens with two attached hydrogens (primary N) is 1. The number of rotatable bonds is 1. The molecule has 0 radical (unpaired) electrons. The van der Waals surface area contributed by atoms with Crippen molar-refractivity contribution in [2.24, 2.45) is 15.8 Å². The fraction of sp³-hybridized carbons (Fsp3) is 0.111. The Hall–Kier alpha value is -1.75. The molecular formula is C9H9FN4. The minimum absolute atomic E-state index is 0.276. The molecule has 0 spiro atoms. The van der Waals surface area contributed by atoms with Crippen molar-refractivity contribution >= 4 is 12.2 Å². The third-order valence-corrected chi connectivity index (χ3v) is 1.87. The Bertz CT molecular complexity index is 382. The molecule has 1 aliphatic heterocycles. The average molecular weight is 192 g/mol. The Balaban J connectivity index is 2.34. The van der Waals surface area contributed by atoms with Crippen molar-refractivity contribution in [1.82, 2.24) is 5.01 Å². The molecule has 1 aromatic rings. The summed E-state index contributed by atoms with van der Waals surface area (Å²) < 4.78 is 12.6. The Kier molecular flexibility index (Phi) is 2.24. The minimum atomic E-state index is -0.276. The normalized spacial score (nSPS) is 15.6. The summed E-state index contributed by atoms with van der Waals surface area (Å²) in [7, 11) is 0. The van der Waals surface area contributed by atoms with Crippen LogP contribution >= 0.6 is 0 Å². The molecule has 0 saturated carbocycles. The molecule has 0 aromatic heterocycles. The quantitative estimate of drug-likeness (QED) is 0.667. The van der Waals surface area contributed by atoms with E-state index in [2.05, 4.69) is 9.98 Å². The van der Waals surface area contributed by atoms with Gasteiger partial charge in [-0.25, -0.2) is 15.2 Å². The van der Waals surface area contributed by atoms with Gasteiger partial charge in [-0.1, -0.05) is 0 Å². The monoisotopic (exact) mass is 192 g/mol. The molecule has 5 heteroatoms. The minimum Gasteiger partial charge on any atom is -0.272 e. The highest BCUT2D eigenvalue weighted by molar-refractivity contribution is 6.02. The number of benzene rings is 1. The maximum Gasteiger partial charge on any atom is 0.153 e. The number of nitrogens with zero attached hydrogens (tertiary/aromatic N) is 3. The number of aliphatic imine (C=N–C) groups is 2. The van der Waals surface area contributed by atoms with E-state index in [4.69, 9.17) is 5.84 Å². The van der Waals surface area contributed by atoms with Gasteiger partial charge in [0.15, 0.2) is 5.84 Å². The molecule has 0 bridgehead atoms. The van der Waals surface area contributed by atoms with E-state index in [1.165, 1.54) is 23.5 Å². The third-order valence-electron chi connectivity index (χ3n) is 1.87. The van der Waals surface area contributed by atoms with Crippen molar-refractivity contribution < 1.29 is 4.39 Å². The second kappa shape index (κ2) is 3.55. The van der Waals surface area contributed by atoms with Crippen molar-refractivity contribution in [1.29, 1.82) is 0 Å². The van der Waals surface area contributed by atoms with Crippen LogP contribution < -0.4 is 5.84 Å². The van der Waals surface area contributed by atoms with Crippen LogP contribution in [0.3, 0.4) is 0 Å². The summed E-state index contributed by atoms with van der Waals surface area (Å²) in [5.41, 5.74) is 0.778. The molecule has 4 nitrogen and oxygen atoms in total. The van der Waals surface area contributed by atoms with Gasteiger partial charge < -0.3 is 0 Å². The van der Waals surface area contributed by atoms with Crippen LogP contribution in [0.2, 0.25) is 0 Å². The maximum atomic E-state index is 12.6. The lowest BCUT2D eigenvalue weighted by molar-refractivity contribution is 0.452. The SMILES string of the molecule is NN1CN=CN=C1c1ccc(F)cc1. The first-order valence-electron chi connectivity index (χ1n) is 4.11. The van der Waals surface area contributed by atoms with Crippen molar-refractivity contribution in [2.75, 3.05) is 6.67 Å². The van der Waals surface area contributed by atoms with Gasteiger partial charge in [0.05, 0.1) is 0 Å². The summed E-state index contributed by atoms with van der Waals surface area (Å²) in [6.45, 7) is 0.371. The zero-order valence-electron chi connectivity index (χ0n) is 7.39. The van der Waals surface area contributed by atoms with Crippen LogP contribution in [0, 0.1) is 5.82 Å². The molecule has 0 fully saturated rings. The van der Waals surface area contributed by atoms with Crippen LogP contribution in [0.5, 0.6) is 0 Å². The second-order valence-corrected chi connectivity index (χ2v) is 2.87. The lowest BCUT2D eigenvalue weighted by atomic mass is 10.2. The molecule has 0 unspecified atom stereocenters. The van der Waals surface area contributed by atoms with Crippen molar-refractivity contribution in [3.63, 3.8) is 0 Å². The van der Waals surface area contributed by atoms with Gasteiger partial charge in [-0.05, 0) is 24.3 Å². The van der Waals surface area contributed by atoms with Crippen molar-refractivity contribution in [2.45, 2.75) is 0 Å². The summed E-state index contributed by atoms with van der Waals surface area (Å²) in [6, 6.07) is 6.01.